The molecule has 0 bridgehead atoms. The maximum atomic E-state index is 6.11. The Balaban J connectivity index is 2.49. The van der Waals surface area contributed by atoms with Crippen molar-refractivity contribution in [2.75, 3.05) is 0 Å². The molecule has 3 N–H and O–H groups in total. The molecule has 1 rings (SSSR count). The summed E-state index contributed by atoms with van der Waals surface area (Å²) in [6.07, 6.45) is 8.31. The van der Waals surface area contributed by atoms with E-state index in [1.807, 2.05) is 0 Å². The lowest BCUT2D eigenvalue weighted by Gasteiger charge is -2.07. The SMILES string of the molecule is CCCCCCc1nc(C(N)CCC)c(C)[nH]1. The van der Waals surface area contributed by atoms with E-state index in [4.69, 9.17) is 5.73 Å². The molecule has 1 heterocycles. The maximum absolute atomic E-state index is 6.11. The van der Waals surface area contributed by atoms with Crippen LogP contribution in [-0.2, 0) is 6.42 Å². The van der Waals surface area contributed by atoms with Crippen LogP contribution in [0.3, 0.4) is 0 Å². The number of H-pyrrole nitrogens is 1. The summed E-state index contributed by atoms with van der Waals surface area (Å²) in [4.78, 5) is 8.02. The minimum Gasteiger partial charge on any atom is -0.346 e. The lowest BCUT2D eigenvalue weighted by Crippen LogP contribution is -2.11. The van der Waals surface area contributed by atoms with Crippen LogP contribution in [0, 0.1) is 6.92 Å². The Morgan fingerprint density at radius 2 is 1.94 bits per heavy atom. The van der Waals surface area contributed by atoms with Crippen LogP contribution >= 0.6 is 0 Å². The van der Waals surface area contributed by atoms with Crippen molar-refractivity contribution in [3.63, 3.8) is 0 Å². The molecule has 98 valence electrons. The number of nitrogens with one attached hydrogen (secondary N) is 1. The third kappa shape index (κ3) is 4.50. The Kier molecular flexibility index (Phi) is 6.27. The van der Waals surface area contributed by atoms with Crippen LogP contribution in [-0.4, -0.2) is 9.97 Å². The fourth-order valence-electron chi connectivity index (χ4n) is 2.18. The van der Waals surface area contributed by atoms with Crippen molar-refractivity contribution in [3.8, 4) is 0 Å². The van der Waals surface area contributed by atoms with E-state index in [2.05, 4.69) is 30.7 Å². The Morgan fingerprint density at radius 1 is 1.18 bits per heavy atom. The third-order valence-corrected chi connectivity index (χ3v) is 3.19. The van der Waals surface area contributed by atoms with Crippen LogP contribution in [0.15, 0.2) is 0 Å². The van der Waals surface area contributed by atoms with Gasteiger partial charge in [0.1, 0.15) is 5.82 Å². The van der Waals surface area contributed by atoms with Crippen molar-refractivity contribution in [1.29, 1.82) is 0 Å². The topological polar surface area (TPSA) is 54.7 Å². The van der Waals surface area contributed by atoms with Gasteiger partial charge in [0.2, 0.25) is 0 Å². The van der Waals surface area contributed by atoms with Crippen LogP contribution < -0.4 is 5.73 Å². The summed E-state index contributed by atoms with van der Waals surface area (Å²) in [5.74, 6) is 1.11. The monoisotopic (exact) mass is 237 g/mol. The predicted molar refractivity (Wildman–Crippen MR) is 73.0 cm³/mol. The van der Waals surface area contributed by atoms with Crippen molar-refractivity contribution in [1.82, 2.24) is 9.97 Å². The normalized spacial score (nSPS) is 12.9. The van der Waals surface area contributed by atoms with Gasteiger partial charge < -0.3 is 10.7 Å². The van der Waals surface area contributed by atoms with Gasteiger partial charge in [-0.25, -0.2) is 4.98 Å². The zero-order valence-corrected chi connectivity index (χ0v) is 11.6. The zero-order chi connectivity index (χ0) is 12.7. The molecule has 1 unspecified atom stereocenters. The van der Waals surface area contributed by atoms with E-state index in [1.54, 1.807) is 0 Å². The molecule has 17 heavy (non-hydrogen) atoms. The quantitative estimate of drug-likeness (QED) is 0.678. The number of imidazole rings is 1. The van der Waals surface area contributed by atoms with Crippen molar-refractivity contribution in [2.24, 2.45) is 5.73 Å². The van der Waals surface area contributed by atoms with Crippen LogP contribution in [0.2, 0.25) is 0 Å². The van der Waals surface area contributed by atoms with Gasteiger partial charge in [-0.1, -0.05) is 39.5 Å². The zero-order valence-electron chi connectivity index (χ0n) is 11.6. The number of nitrogens with zero attached hydrogens (tertiary/aromatic N) is 1. The summed E-state index contributed by atoms with van der Waals surface area (Å²) in [6, 6.07) is 0.0978. The number of aryl methyl sites for hydroxylation is 2. The van der Waals surface area contributed by atoms with E-state index < -0.39 is 0 Å². The van der Waals surface area contributed by atoms with Crippen molar-refractivity contribution >= 4 is 0 Å². The molecule has 0 amide bonds. The molecule has 3 heteroatoms. The van der Waals surface area contributed by atoms with Crippen LogP contribution in [0.1, 0.15) is 75.6 Å². The van der Waals surface area contributed by atoms with Crippen LogP contribution in [0.4, 0.5) is 0 Å². The van der Waals surface area contributed by atoms with E-state index >= 15 is 0 Å². The maximum Gasteiger partial charge on any atom is 0.106 e. The number of unbranched alkanes of at least 4 members (excludes halogenated alkanes) is 3. The van der Waals surface area contributed by atoms with E-state index in [0.717, 1.165) is 36.5 Å². The first-order valence-electron chi connectivity index (χ1n) is 7.00. The second-order valence-electron chi connectivity index (χ2n) is 4.90. The average molecular weight is 237 g/mol. The van der Waals surface area contributed by atoms with Gasteiger partial charge in [-0.15, -0.1) is 0 Å². The molecule has 0 aliphatic heterocycles. The van der Waals surface area contributed by atoms with Gasteiger partial charge in [-0.2, -0.15) is 0 Å². The second-order valence-corrected chi connectivity index (χ2v) is 4.90. The first-order chi connectivity index (χ1) is 8.19. The highest BCUT2D eigenvalue weighted by atomic mass is 15.0. The van der Waals surface area contributed by atoms with Gasteiger partial charge in [0, 0.05) is 18.2 Å². The molecule has 0 aliphatic rings. The Hall–Kier alpha value is -0.830. The molecule has 0 aliphatic carbocycles. The lowest BCUT2D eigenvalue weighted by atomic mass is 10.1. The molecular formula is C14H27N3. The summed E-state index contributed by atoms with van der Waals surface area (Å²) in [6.45, 7) is 6.47. The van der Waals surface area contributed by atoms with Gasteiger partial charge in [-0.05, 0) is 19.8 Å². The second kappa shape index (κ2) is 7.49. The number of hydrogen-bond donors (Lipinski definition) is 2. The summed E-state index contributed by atoms with van der Waals surface area (Å²) in [7, 11) is 0. The number of nitrogens with two attached hydrogens (primary N) is 1. The van der Waals surface area contributed by atoms with Crippen LogP contribution in [0.25, 0.3) is 0 Å². The Labute approximate surface area is 105 Å². The molecule has 3 nitrogen and oxygen atoms in total. The average Bonchev–Trinajstić information content (AvgIpc) is 2.66. The van der Waals surface area contributed by atoms with E-state index in [1.165, 1.54) is 25.7 Å². The van der Waals surface area contributed by atoms with Crippen molar-refractivity contribution in [2.45, 2.75) is 71.8 Å². The van der Waals surface area contributed by atoms with E-state index in [-0.39, 0.29) is 6.04 Å². The Bertz CT molecular complexity index is 317. The summed E-state index contributed by atoms with van der Waals surface area (Å²) >= 11 is 0. The van der Waals surface area contributed by atoms with Gasteiger partial charge in [0.25, 0.3) is 0 Å². The third-order valence-electron chi connectivity index (χ3n) is 3.19. The highest BCUT2D eigenvalue weighted by molar-refractivity contribution is 5.16. The van der Waals surface area contributed by atoms with Gasteiger partial charge in [0.05, 0.1) is 5.69 Å². The van der Waals surface area contributed by atoms with E-state index in [0.29, 0.717) is 0 Å². The smallest absolute Gasteiger partial charge is 0.106 e. The molecular weight excluding hydrogens is 210 g/mol. The van der Waals surface area contributed by atoms with Gasteiger partial charge >= 0.3 is 0 Å². The van der Waals surface area contributed by atoms with Gasteiger partial charge in [0.15, 0.2) is 0 Å². The first-order valence-corrected chi connectivity index (χ1v) is 7.00. The lowest BCUT2D eigenvalue weighted by molar-refractivity contribution is 0.617. The summed E-state index contributed by atoms with van der Waals surface area (Å²) in [5, 5.41) is 0. The number of aromatic nitrogens is 2. The standard InChI is InChI=1S/C14H27N3/c1-4-6-7-8-10-13-16-11(3)14(17-13)12(15)9-5-2/h12H,4-10,15H2,1-3H3,(H,16,17). The fourth-order valence-corrected chi connectivity index (χ4v) is 2.18. The Morgan fingerprint density at radius 3 is 2.59 bits per heavy atom. The molecule has 0 fully saturated rings. The molecule has 0 saturated carbocycles. The van der Waals surface area contributed by atoms with Crippen LogP contribution in [0.5, 0.6) is 0 Å². The highest BCUT2D eigenvalue weighted by Crippen LogP contribution is 2.18. The summed E-state index contributed by atoms with van der Waals surface area (Å²) < 4.78 is 0. The number of hydrogen-bond acceptors (Lipinski definition) is 2. The van der Waals surface area contributed by atoms with Gasteiger partial charge in [-0.3, -0.25) is 0 Å². The minimum atomic E-state index is 0.0978. The molecule has 0 saturated heterocycles. The molecule has 0 spiro atoms. The van der Waals surface area contributed by atoms with E-state index in [9.17, 15) is 0 Å². The molecule has 0 aromatic carbocycles. The highest BCUT2D eigenvalue weighted by Gasteiger charge is 2.13. The number of aromatic amines is 1. The van der Waals surface area contributed by atoms with Crippen molar-refractivity contribution < 1.29 is 0 Å². The molecule has 0 radical (unpaired) electrons. The minimum absolute atomic E-state index is 0.0978. The fraction of sp³-hybridized carbons (Fsp3) is 0.786. The first kappa shape index (κ1) is 14.2. The van der Waals surface area contributed by atoms with Crippen molar-refractivity contribution in [3.05, 3.63) is 17.2 Å². The molecule has 1 aromatic rings. The largest absolute Gasteiger partial charge is 0.346 e. The number of rotatable bonds is 8. The predicted octanol–water partition coefficient (Wildman–Crippen LogP) is 3.64. The molecule has 1 atom stereocenters. The summed E-state index contributed by atoms with van der Waals surface area (Å²) in [5.41, 5.74) is 8.33. The molecule has 1 aromatic heterocycles.